The molecule has 6 nitrogen and oxygen atoms in total. The third kappa shape index (κ3) is 3.32. The third-order valence-electron chi connectivity index (χ3n) is 4.28. The van der Waals surface area contributed by atoms with Crippen molar-refractivity contribution >= 4 is 0 Å². The number of rotatable bonds is 5. The highest BCUT2D eigenvalue weighted by atomic mass is 16.8. The summed E-state index contributed by atoms with van der Waals surface area (Å²) in [6.07, 6.45) is 0.258. The molecule has 1 unspecified atom stereocenters. The van der Waals surface area contributed by atoms with Crippen molar-refractivity contribution in [2.45, 2.75) is 77.2 Å². The molecule has 5 atom stereocenters. The maximum absolute atomic E-state index is 6.11. The summed E-state index contributed by atoms with van der Waals surface area (Å²) in [5, 5.41) is 0. The quantitative estimate of drug-likeness (QED) is 0.724. The molecule has 0 bridgehead atoms. The van der Waals surface area contributed by atoms with Crippen LogP contribution in [-0.2, 0) is 28.4 Å². The fourth-order valence-electron chi connectivity index (χ4n) is 3.39. The van der Waals surface area contributed by atoms with Crippen LogP contribution >= 0.6 is 0 Å². The summed E-state index contributed by atoms with van der Waals surface area (Å²) in [4.78, 5) is 0. The maximum atomic E-state index is 6.11. The second-order valence-corrected chi connectivity index (χ2v) is 7.18. The van der Waals surface area contributed by atoms with Crippen LogP contribution in [0, 0.1) is 5.92 Å². The fraction of sp³-hybridized carbons (Fsp3) is 1.00. The van der Waals surface area contributed by atoms with Crippen molar-refractivity contribution in [2.24, 2.45) is 5.92 Å². The highest BCUT2D eigenvalue weighted by Crippen LogP contribution is 2.43. The lowest BCUT2D eigenvalue weighted by molar-refractivity contribution is -0.229. The molecular weight excluding hydrogens is 288 g/mol. The zero-order chi connectivity index (χ0) is 16.0. The summed E-state index contributed by atoms with van der Waals surface area (Å²) in [7, 11) is 0. The highest BCUT2D eigenvalue weighted by molar-refractivity contribution is 4.97. The molecule has 0 aromatic carbocycles. The Morgan fingerprint density at radius 2 is 1.77 bits per heavy atom. The summed E-state index contributed by atoms with van der Waals surface area (Å²) < 4.78 is 35.4. The van der Waals surface area contributed by atoms with Gasteiger partial charge in [0.15, 0.2) is 17.9 Å². The van der Waals surface area contributed by atoms with Crippen LogP contribution in [0.3, 0.4) is 0 Å². The van der Waals surface area contributed by atoms with Gasteiger partial charge in [-0.3, -0.25) is 0 Å². The Hall–Kier alpha value is -0.240. The summed E-state index contributed by atoms with van der Waals surface area (Å²) in [6.45, 7) is 11.6. The Balaban J connectivity index is 1.69. The van der Waals surface area contributed by atoms with Crippen LogP contribution in [0.1, 0.15) is 41.0 Å². The summed E-state index contributed by atoms with van der Waals surface area (Å²) >= 11 is 0. The molecule has 3 heterocycles. The van der Waals surface area contributed by atoms with E-state index in [1.165, 1.54) is 0 Å². The van der Waals surface area contributed by atoms with Gasteiger partial charge in [-0.15, -0.1) is 0 Å². The molecule has 0 spiro atoms. The first-order chi connectivity index (χ1) is 10.3. The minimum atomic E-state index is -0.615. The van der Waals surface area contributed by atoms with E-state index in [2.05, 4.69) is 6.92 Å². The van der Waals surface area contributed by atoms with E-state index in [1.54, 1.807) is 0 Å². The first-order valence-electron chi connectivity index (χ1n) is 8.22. The van der Waals surface area contributed by atoms with Crippen LogP contribution in [0.4, 0.5) is 0 Å². The molecule has 6 heteroatoms. The summed E-state index contributed by atoms with van der Waals surface area (Å²) in [5.41, 5.74) is 0. The van der Waals surface area contributed by atoms with E-state index in [9.17, 15) is 0 Å². The molecule has 0 aromatic heterocycles. The lowest BCUT2D eigenvalue weighted by Gasteiger charge is -2.28. The Morgan fingerprint density at radius 1 is 1.00 bits per heavy atom. The fourth-order valence-corrected chi connectivity index (χ4v) is 3.39. The Morgan fingerprint density at radius 3 is 2.41 bits per heavy atom. The molecule has 0 saturated carbocycles. The monoisotopic (exact) mass is 316 g/mol. The second-order valence-electron chi connectivity index (χ2n) is 7.18. The van der Waals surface area contributed by atoms with Crippen LogP contribution in [-0.4, -0.2) is 56.0 Å². The van der Waals surface area contributed by atoms with Crippen molar-refractivity contribution in [3.8, 4) is 0 Å². The number of fused-ring (bicyclic) bond motifs is 1. The van der Waals surface area contributed by atoms with Gasteiger partial charge in [-0.05, 0) is 34.1 Å². The first-order valence-corrected chi connectivity index (χ1v) is 8.22. The zero-order valence-electron chi connectivity index (χ0n) is 14.2. The van der Waals surface area contributed by atoms with Crippen LogP contribution in [0.25, 0.3) is 0 Å². The summed E-state index contributed by atoms with van der Waals surface area (Å²) in [5.74, 6) is -1.10. The number of ether oxygens (including phenoxy) is 6. The van der Waals surface area contributed by atoms with Crippen LogP contribution in [0.15, 0.2) is 0 Å². The molecule has 22 heavy (non-hydrogen) atoms. The number of hydrogen-bond donors (Lipinski definition) is 0. The van der Waals surface area contributed by atoms with Gasteiger partial charge in [0, 0.05) is 12.5 Å². The van der Waals surface area contributed by atoms with Gasteiger partial charge in [-0.2, -0.15) is 0 Å². The first kappa shape index (κ1) is 16.6. The van der Waals surface area contributed by atoms with Crippen LogP contribution in [0.2, 0.25) is 0 Å². The van der Waals surface area contributed by atoms with E-state index in [-0.39, 0.29) is 30.5 Å². The van der Waals surface area contributed by atoms with Gasteiger partial charge in [0.1, 0.15) is 12.2 Å². The topological polar surface area (TPSA) is 55.4 Å². The molecule has 3 rings (SSSR count). The second kappa shape index (κ2) is 6.00. The maximum Gasteiger partial charge on any atom is 0.188 e. The molecule has 3 aliphatic heterocycles. The molecule has 0 aliphatic carbocycles. The molecule has 3 saturated heterocycles. The molecular formula is C16H28O6. The molecule has 3 fully saturated rings. The Kier molecular flexibility index (Phi) is 4.53. The van der Waals surface area contributed by atoms with Crippen molar-refractivity contribution in [3.63, 3.8) is 0 Å². The largest absolute Gasteiger partial charge is 0.381 e. The zero-order valence-corrected chi connectivity index (χ0v) is 14.2. The van der Waals surface area contributed by atoms with E-state index >= 15 is 0 Å². The molecule has 128 valence electrons. The van der Waals surface area contributed by atoms with E-state index in [1.807, 2.05) is 27.7 Å². The van der Waals surface area contributed by atoms with E-state index in [4.69, 9.17) is 28.4 Å². The molecule has 0 aromatic rings. The average molecular weight is 316 g/mol. The predicted molar refractivity (Wildman–Crippen MR) is 78.2 cm³/mol. The van der Waals surface area contributed by atoms with Gasteiger partial charge in [-0.25, -0.2) is 0 Å². The standard InChI is InChI=1S/C16H28O6/c1-6-7-17-8-10-12(11-9-18-15(2,3)20-11)19-14-13(10)21-16(4,5)22-14/h10-14H,6-9H2,1-5H3/t10-,11?,12+,13-,14-/m1/s1. The molecule has 0 amide bonds. The molecule has 0 N–H and O–H groups in total. The van der Waals surface area contributed by atoms with Crippen molar-refractivity contribution in [1.29, 1.82) is 0 Å². The van der Waals surface area contributed by atoms with Crippen molar-refractivity contribution in [1.82, 2.24) is 0 Å². The van der Waals surface area contributed by atoms with Crippen molar-refractivity contribution in [2.75, 3.05) is 19.8 Å². The van der Waals surface area contributed by atoms with Gasteiger partial charge in [0.05, 0.1) is 19.3 Å². The Labute approximate surface area is 132 Å². The van der Waals surface area contributed by atoms with Gasteiger partial charge in [0.25, 0.3) is 0 Å². The minimum Gasteiger partial charge on any atom is -0.381 e. The predicted octanol–water partition coefficient (Wildman–Crippen LogP) is 2.06. The van der Waals surface area contributed by atoms with Crippen molar-refractivity contribution in [3.05, 3.63) is 0 Å². The Bertz CT molecular complexity index is 396. The van der Waals surface area contributed by atoms with E-state index < -0.39 is 11.6 Å². The summed E-state index contributed by atoms with van der Waals surface area (Å²) in [6, 6.07) is 0. The SMILES string of the molecule is CCCOC[C@H]1[C@H]2OC(C)(C)O[C@H]2O[C@@H]1C1COC(C)(C)O1. The minimum absolute atomic E-state index is 0.0841. The average Bonchev–Trinajstić information content (AvgIpc) is 3.01. The third-order valence-corrected chi connectivity index (χ3v) is 4.28. The van der Waals surface area contributed by atoms with Gasteiger partial charge in [-0.1, -0.05) is 6.92 Å². The lowest BCUT2D eigenvalue weighted by Crippen LogP contribution is -2.41. The van der Waals surface area contributed by atoms with Crippen LogP contribution in [0.5, 0.6) is 0 Å². The smallest absolute Gasteiger partial charge is 0.188 e. The van der Waals surface area contributed by atoms with Gasteiger partial charge in [0.2, 0.25) is 0 Å². The van der Waals surface area contributed by atoms with Crippen molar-refractivity contribution < 1.29 is 28.4 Å². The normalized spacial score (nSPS) is 42.7. The number of hydrogen-bond acceptors (Lipinski definition) is 6. The van der Waals surface area contributed by atoms with Gasteiger partial charge >= 0.3 is 0 Å². The van der Waals surface area contributed by atoms with Crippen LogP contribution < -0.4 is 0 Å². The highest BCUT2D eigenvalue weighted by Gasteiger charge is 2.58. The van der Waals surface area contributed by atoms with E-state index in [0.717, 1.165) is 13.0 Å². The molecule has 0 radical (unpaired) electrons. The molecule has 3 aliphatic rings. The van der Waals surface area contributed by atoms with Gasteiger partial charge < -0.3 is 28.4 Å². The van der Waals surface area contributed by atoms with E-state index in [0.29, 0.717) is 13.2 Å². The lowest BCUT2D eigenvalue weighted by atomic mass is 9.95.